The highest BCUT2D eigenvalue weighted by atomic mass is 35.5. The maximum Gasteiger partial charge on any atom is 0.328 e. The minimum atomic E-state index is -0.828. The summed E-state index contributed by atoms with van der Waals surface area (Å²) in [6, 6.07) is -0.609. The molecule has 0 aromatic rings. The molecule has 1 saturated carbocycles. The number of rotatable bonds is 6. The first-order valence-electron chi connectivity index (χ1n) is 8.05. The van der Waals surface area contributed by atoms with E-state index in [4.69, 9.17) is 10.5 Å². The number of ether oxygens (including phenoxy) is 1. The Labute approximate surface area is 140 Å². The van der Waals surface area contributed by atoms with E-state index in [0.717, 1.165) is 19.3 Å². The fraction of sp³-hybridized carbons (Fsp3) is 0.875. The third kappa shape index (κ3) is 6.53. The van der Waals surface area contributed by atoms with Crippen molar-refractivity contribution in [2.75, 3.05) is 0 Å². The van der Waals surface area contributed by atoms with Crippen LogP contribution in [0.15, 0.2) is 0 Å². The molecule has 0 heterocycles. The van der Waals surface area contributed by atoms with Crippen LogP contribution in [0.2, 0.25) is 0 Å². The van der Waals surface area contributed by atoms with Crippen molar-refractivity contribution in [2.24, 2.45) is 11.7 Å². The van der Waals surface area contributed by atoms with Crippen molar-refractivity contribution >= 4 is 24.3 Å². The lowest BCUT2D eigenvalue weighted by Crippen LogP contribution is -2.58. The number of nitrogens with one attached hydrogen (secondary N) is 1. The van der Waals surface area contributed by atoms with Crippen molar-refractivity contribution in [3.05, 3.63) is 0 Å². The Morgan fingerprint density at radius 3 is 2.14 bits per heavy atom. The Bertz CT molecular complexity index is 366. The molecule has 0 aromatic carbocycles. The van der Waals surface area contributed by atoms with Crippen molar-refractivity contribution in [3.63, 3.8) is 0 Å². The van der Waals surface area contributed by atoms with E-state index in [1.807, 2.05) is 13.8 Å². The normalized spacial score (nSPS) is 18.5. The van der Waals surface area contributed by atoms with Gasteiger partial charge in [-0.05, 0) is 39.0 Å². The molecule has 1 fully saturated rings. The van der Waals surface area contributed by atoms with Crippen molar-refractivity contribution in [3.8, 4) is 0 Å². The summed E-state index contributed by atoms with van der Waals surface area (Å²) in [5.74, 6) is -0.296. The molecule has 0 saturated heterocycles. The first-order valence-corrected chi connectivity index (χ1v) is 8.05. The maximum absolute atomic E-state index is 12.5. The third-order valence-corrected chi connectivity index (χ3v) is 3.85. The van der Waals surface area contributed by atoms with Crippen LogP contribution in [0, 0.1) is 5.92 Å². The Balaban J connectivity index is 0.00000441. The summed E-state index contributed by atoms with van der Waals surface area (Å²) in [5.41, 5.74) is 5.39. The number of hydrogen-bond acceptors (Lipinski definition) is 4. The zero-order valence-electron chi connectivity index (χ0n) is 14.2. The molecule has 1 rings (SSSR count). The van der Waals surface area contributed by atoms with Crippen LogP contribution in [-0.2, 0) is 14.3 Å². The molecule has 0 aliphatic heterocycles. The first-order chi connectivity index (χ1) is 9.74. The van der Waals surface area contributed by atoms with Crippen LogP contribution in [-0.4, -0.2) is 29.6 Å². The molecule has 1 amide bonds. The molecule has 3 N–H and O–H groups in total. The number of carbonyl (C=O) groups excluding carboxylic acids is 2. The fourth-order valence-electron chi connectivity index (χ4n) is 2.71. The third-order valence-electron chi connectivity index (χ3n) is 3.85. The van der Waals surface area contributed by atoms with Gasteiger partial charge in [-0.3, -0.25) is 4.79 Å². The Morgan fingerprint density at radius 1 is 1.14 bits per heavy atom. The van der Waals surface area contributed by atoms with E-state index in [0.29, 0.717) is 19.3 Å². The summed E-state index contributed by atoms with van der Waals surface area (Å²) in [6.45, 7) is 7.64. The first kappa shape index (κ1) is 21.2. The largest absolute Gasteiger partial charge is 0.461 e. The monoisotopic (exact) mass is 334 g/mol. The molecule has 1 aliphatic rings. The van der Waals surface area contributed by atoms with Crippen molar-refractivity contribution < 1.29 is 14.3 Å². The van der Waals surface area contributed by atoms with E-state index in [2.05, 4.69) is 5.32 Å². The van der Waals surface area contributed by atoms with Gasteiger partial charge in [-0.2, -0.15) is 0 Å². The van der Waals surface area contributed by atoms with Crippen molar-refractivity contribution in [1.82, 2.24) is 5.32 Å². The Morgan fingerprint density at radius 2 is 1.68 bits per heavy atom. The number of esters is 1. The SMILES string of the molecule is CC(C)C[C@H](NC(=O)C1(N)CCCCC1)C(=O)OC(C)C.Cl. The predicted molar refractivity (Wildman–Crippen MR) is 89.9 cm³/mol. The van der Waals surface area contributed by atoms with Crippen LogP contribution in [0.4, 0.5) is 0 Å². The number of hydrogen-bond donors (Lipinski definition) is 2. The summed E-state index contributed by atoms with van der Waals surface area (Å²) in [4.78, 5) is 24.6. The lowest BCUT2D eigenvalue weighted by molar-refractivity contribution is -0.152. The standard InChI is InChI=1S/C16H30N2O3.ClH/c1-11(2)10-13(14(19)21-12(3)4)18-15(20)16(17)8-6-5-7-9-16;/h11-13H,5-10,17H2,1-4H3,(H,18,20);1H/t13-;/m0./s1. The number of nitrogens with two attached hydrogens (primary N) is 1. The van der Waals surface area contributed by atoms with Crippen LogP contribution in [0.5, 0.6) is 0 Å². The smallest absolute Gasteiger partial charge is 0.328 e. The zero-order chi connectivity index (χ0) is 16.0. The quantitative estimate of drug-likeness (QED) is 0.731. The topological polar surface area (TPSA) is 81.4 Å². The summed E-state index contributed by atoms with van der Waals surface area (Å²) in [5, 5.41) is 2.83. The molecular weight excluding hydrogens is 304 g/mol. The van der Waals surface area contributed by atoms with E-state index in [-0.39, 0.29) is 36.3 Å². The average molecular weight is 335 g/mol. The fourth-order valence-corrected chi connectivity index (χ4v) is 2.71. The van der Waals surface area contributed by atoms with Gasteiger partial charge in [0.15, 0.2) is 0 Å². The average Bonchev–Trinajstić information content (AvgIpc) is 2.37. The van der Waals surface area contributed by atoms with E-state index < -0.39 is 11.6 Å². The van der Waals surface area contributed by atoms with Crippen molar-refractivity contribution in [1.29, 1.82) is 0 Å². The Hall–Kier alpha value is -0.810. The summed E-state index contributed by atoms with van der Waals surface area (Å²) < 4.78 is 5.24. The van der Waals surface area contributed by atoms with Gasteiger partial charge < -0.3 is 15.8 Å². The van der Waals surface area contributed by atoms with Gasteiger partial charge in [-0.15, -0.1) is 12.4 Å². The van der Waals surface area contributed by atoms with Crippen molar-refractivity contribution in [2.45, 2.75) is 83.9 Å². The van der Waals surface area contributed by atoms with Gasteiger partial charge in [0.2, 0.25) is 5.91 Å². The van der Waals surface area contributed by atoms with Gasteiger partial charge in [0.25, 0.3) is 0 Å². The lowest BCUT2D eigenvalue weighted by atomic mass is 9.81. The highest BCUT2D eigenvalue weighted by molar-refractivity contribution is 5.90. The molecule has 0 bridgehead atoms. The molecule has 0 spiro atoms. The second-order valence-corrected chi connectivity index (χ2v) is 6.86. The maximum atomic E-state index is 12.5. The molecule has 1 aliphatic carbocycles. The van der Waals surface area contributed by atoms with Gasteiger partial charge in [-0.25, -0.2) is 4.79 Å². The second kappa shape index (κ2) is 9.36. The highest BCUT2D eigenvalue weighted by Gasteiger charge is 2.37. The summed E-state index contributed by atoms with van der Waals surface area (Å²) in [7, 11) is 0. The molecular formula is C16H31ClN2O3. The van der Waals surface area contributed by atoms with Gasteiger partial charge >= 0.3 is 5.97 Å². The van der Waals surface area contributed by atoms with Crippen LogP contribution in [0.25, 0.3) is 0 Å². The molecule has 0 unspecified atom stereocenters. The van der Waals surface area contributed by atoms with Gasteiger partial charge in [0, 0.05) is 0 Å². The molecule has 6 heteroatoms. The molecule has 130 valence electrons. The van der Waals surface area contributed by atoms with E-state index in [1.54, 1.807) is 13.8 Å². The van der Waals surface area contributed by atoms with Gasteiger partial charge in [-0.1, -0.05) is 33.1 Å². The van der Waals surface area contributed by atoms with Crippen LogP contribution in [0.1, 0.15) is 66.2 Å². The summed E-state index contributed by atoms with van der Waals surface area (Å²) >= 11 is 0. The number of amides is 1. The zero-order valence-corrected chi connectivity index (χ0v) is 15.0. The second-order valence-electron chi connectivity index (χ2n) is 6.86. The lowest BCUT2D eigenvalue weighted by Gasteiger charge is -2.33. The molecule has 1 atom stereocenters. The molecule has 5 nitrogen and oxygen atoms in total. The predicted octanol–water partition coefficient (Wildman–Crippen LogP) is 2.55. The molecule has 0 radical (unpaired) electrons. The van der Waals surface area contributed by atoms with Crippen LogP contribution < -0.4 is 11.1 Å². The molecule has 0 aromatic heterocycles. The highest BCUT2D eigenvalue weighted by Crippen LogP contribution is 2.26. The van der Waals surface area contributed by atoms with Gasteiger partial charge in [0.1, 0.15) is 6.04 Å². The summed E-state index contributed by atoms with van der Waals surface area (Å²) in [6.07, 6.45) is 4.80. The van der Waals surface area contributed by atoms with Crippen LogP contribution >= 0.6 is 12.4 Å². The minimum Gasteiger partial charge on any atom is -0.461 e. The Kier molecular flexibility index (Phi) is 9.01. The van der Waals surface area contributed by atoms with E-state index in [1.165, 1.54) is 0 Å². The van der Waals surface area contributed by atoms with Gasteiger partial charge in [0.05, 0.1) is 11.6 Å². The number of carbonyl (C=O) groups is 2. The number of halogens is 1. The van der Waals surface area contributed by atoms with Crippen LogP contribution in [0.3, 0.4) is 0 Å². The molecule has 22 heavy (non-hydrogen) atoms. The van der Waals surface area contributed by atoms with E-state index >= 15 is 0 Å². The van der Waals surface area contributed by atoms with E-state index in [9.17, 15) is 9.59 Å². The minimum absolute atomic E-state index is 0.